The van der Waals surface area contributed by atoms with Crippen molar-refractivity contribution in [2.75, 3.05) is 7.11 Å². The molecule has 0 spiro atoms. The highest BCUT2D eigenvalue weighted by molar-refractivity contribution is 5.80. The predicted octanol–water partition coefficient (Wildman–Crippen LogP) is 2.11. The van der Waals surface area contributed by atoms with Crippen LogP contribution in [0.5, 0.6) is 5.75 Å². The van der Waals surface area contributed by atoms with Gasteiger partial charge in [-0.15, -0.1) is 0 Å². The molecule has 3 nitrogen and oxygen atoms in total. The summed E-state index contributed by atoms with van der Waals surface area (Å²) in [4.78, 5) is 20.8. The quantitative estimate of drug-likeness (QED) is 0.690. The van der Waals surface area contributed by atoms with E-state index in [1.807, 2.05) is 6.07 Å². The number of carbonyl (C=O) groups excluding carboxylic acids is 2. The minimum Gasteiger partial charge on any atom is -0.496 e. The Labute approximate surface area is 88.4 Å². The van der Waals surface area contributed by atoms with Crippen LogP contribution in [0.25, 0.3) is 6.08 Å². The molecule has 0 aliphatic carbocycles. The molecule has 0 aliphatic rings. The van der Waals surface area contributed by atoms with Crippen LogP contribution in [-0.2, 0) is 4.79 Å². The second kappa shape index (κ2) is 5.75. The van der Waals surface area contributed by atoms with E-state index in [4.69, 9.17) is 4.74 Å². The summed E-state index contributed by atoms with van der Waals surface area (Å²) in [6, 6.07) is 5.27. The Morgan fingerprint density at radius 2 is 2.13 bits per heavy atom. The molecule has 0 unspecified atom stereocenters. The molecule has 78 valence electrons. The van der Waals surface area contributed by atoms with Crippen molar-refractivity contribution in [3.05, 3.63) is 35.4 Å². The summed E-state index contributed by atoms with van der Waals surface area (Å²) in [5.41, 5.74) is 1.38. The number of hydrogen-bond donors (Lipinski definition) is 0. The van der Waals surface area contributed by atoms with Gasteiger partial charge in [-0.2, -0.15) is 0 Å². The molecule has 0 N–H and O–H groups in total. The van der Waals surface area contributed by atoms with E-state index in [1.54, 1.807) is 24.3 Å². The van der Waals surface area contributed by atoms with Gasteiger partial charge < -0.3 is 9.53 Å². The molecule has 0 saturated heterocycles. The molecule has 0 aromatic heterocycles. The summed E-state index contributed by atoms with van der Waals surface area (Å²) in [7, 11) is 1.52. The van der Waals surface area contributed by atoms with Crippen LogP contribution >= 0.6 is 0 Å². The van der Waals surface area contributed by atoms with Crippen LogP contribution in [0.2, 0.25) is 0 Å². The van der Waals surface area contributed by atoms with Crippen LogP contribution in [-0.4, -0.2) is 19.7 Å². The van der Waals surface area contributed by atoms with Gasteiger partial charge in [0.15, 0.2) is 6.29 Å². The minimum atomic E-state index is 0.377. The van der Waals surface area contributed by atoms with Crippen molar-refractivity contribution in [2.45, 2.75) is 6.42 Å². The first-order chi connectivity index (χ1) is 7.31. The summed E-state index contributed by atoms with van der Waals surface area (Å²) < 4.78 is 5.01. The van der Waals surface area contributed by atoms with Crippen molar-refractivity contribution >= 4 is 18.6 Å². The standard InChI is InChI=1S/C12H12O3/c1-15-12-6-5-10(4-2-3-7-13)8-11(12)9-14/h2,4-9H,3H2,1H3. The normalized spacial score (nSPS) is 10.2. The number of rotatable bonds is 5. The summed E-state index contributed by atoms with van der Waals surface area (Å²) in [6.07, 6.45) is 5.48. The highest BCUT2D eigenvalue weighted by Gasteiger charge is 2.00. The van der Waals surface area contributed by atoms with E-state index in [1.165, 1.54) is 7.11 Å². The van der Waals surface area contributed by atoms with Crippen LogP contribution in [0, 0.1) is 0 Å². The summed E-state index contributed by atoms with van der Waals surface area (Å²) in [5, 5.41) is 0. The van der Waals surface area contributed by atoms with Crippen molar-refractivity contribution in [3.63, 3.8) is 0 Å². The summed E-state index contributed by atoms with van der Waals surface area (Å²) >= 11 is 0. The van der Waals surface area contributed by atoms with E-state index < -0.39 is 0 Å². The zero-order valence-electron chi connectivity index (χ0n) is 8.47. The highest BCUT2D eigenvalue weighted by atomic mass is 16.5. The SMILES string of the molecule is COc1ccc(C=CCC=O)cc1C=O. The number of methoxy groups -OCH3 is 1. The Balaban J connectivity index is 2.92. The fraction of sp³-hybridized carbons (Fsp3) is 0.167. The lowest BCUT2D eigenvalue weighted by Crippen LogP contribution is -1.90. The predicted molar refractivity (Wildman–Crippen MR) is 58.1 cm³/mol. The number of benzene rings is 1. The maximum Gasteiger partial charge on any atom is 0.153 e. The molecule has 15 heavy (non-hydrogen) atoms. The van der Waals surface area contributed by atoms with Crippen molar-refractivity contribution in [2.24, 2.45) is 0 Å². The Hall–Kier alpha value is -1.90. The average Bonchev–Trinajstić information content (AvgIpc) is 2.29. The van der Waals surface area contributed by atoms with Gasteiger partial charge in [0, 0.05) is 6.42 Å². The lowest BCUT2D eigenvalue weighted by Gasteiger charge is -2.03. The van der Waals surface area contributed by atoms with Crippen LogP contribution in [0.15, 0.2) is 24.3 Å². The number of aldehydes is 2. The van der Waals surface area contributed by atoms with Crippen LogP contribution < -0.4 is 4.74 Å². The molecule has 0 heterocycles. The van der Waals surface area contributed by atoms with Gasteiger partial charge in [-0.25, -0.2) is 0 Å². The summed E-state index contributed by atoms with van der Waals surface area (Å²) in [5.74, 6) is 0.553. The average molecular weight is 204 g/mol. The molecular weight excluding hydrogens is 192 g/mol. The van der Waals surface area contributed by atoms with Gasteiger partial charge in [0.1, 0.15) is 12.0 Å². The van der Waals surface area contributed by atoms with Gasteiger partial charge in [-0.3, -0.25) is 4.79 Å². The van der Waals surface area contributed by atoms with Crippen molar-refractivity contribution in [1.82, 2.24) is 0 Å². The first-order valence-corrected chi connectivity index (χ1v) is 4.55. The molecule has 1 aromatic carbocycles. The van der Waals surface area contributed by atoms with Crippen LogP contribution in [0.4, 0.5) is 0 Å². The maximum absolute atomic E-state index is 10.7. The Kier molecular flexibility index (Phi) is 4.29. The molecule has 0 fully saturated rings. The zero-order valence-corrected chi connectivity index (χ0v) is 8.47. The van der Waals surface area contributed by atoms with E-state index in [0.29, 0.717) is 17.7 Å². The van der Waals surface area contributed by atoms with Crippen LogP contribution in [0.1, 0.15) is 22.3 Å². The second-order valence-corrected chi connectivity index (χ2v) is 2.92. The fourth-order valence-corrected chi connectivity index (χ4v) is 1.21. The topological polar surface area (TPSA) is 43.4 Å². The zero-order chi connectivity index (χ0) is 11.1. The molecule has 1 rings (SSSR count). The van der Waals surface area contributed by atoms with Crippen molar-refractivity contribution < 1.29 is 14.3 Å². The Morgan fingerprint density at radius 1 is 1.33 bits per heavy atom. The number of carbonyl (C=O) groups is 2. The van der Waals surface area contributed by atoms with E-state index in [2.05, 4.69) is 0 Å². The lowest BCUT2D eigenvalue weighted by molar-refractivity contribution is -0.107. The van der Waals surface area contributed by atoms with Gasteiger partial charge in [-0.05, 0) is 17.7 Å². The Morgan fingerprint density at radius 3 is 2.73 bits per heavy atom. The first-order valence-electron chi connectivity index (χ1n) is 4.55. The molecule has 3 heteroatoms. The molecule has 1 aromatic rings. The molecule has 0 aliphatic heterocycles. The highest BCUT2D eigenvalue weighted by Crippen LogP contribution is 2.18. The van der Waals surface area contributed by atoms with E-state index in [9.17, 15) is 9.59 Å². The molecule has 0 amide bonds. The monoisotopic (exact) mass is 204 g/mol. The largest absolute Gasteiger partial charge is 0.496 e. The first kappa shape index (κ1) is 11.2. The van der Waals surface area contributed by atoms with E-state index >= 15 is 0 Å². The number of hydrogen-bond acceptors (Lipinski definition) is 3. The number of ether oxygens (including phenoxy) is 1. The van der Waals surface area contributed by atoms with Gasteiger partial charge in [0.05, 0.1) is 12.7 Å². The minimum absolute atomic E-state index is 0.377. The molecular formula is C12H12O3. The van der Waals surface area contributed by atoms with Gasteiger partial charge >= 0.3 is 0 Å². The number of allylic oxidation sites excluding steroid dienone is 1. The molecule has 0 atom stereocenters. The molecule has 0 saturated carbocycles. The third-order valence-electron chi connectivity index (χ3n) is 1.92. The van der Waals surface area contributed by atoms with Crippen LogP contribution in [0.3, 0.4) is 0 Å². The lowest BCUT2D eigenvalue weighted by atomic mass is 10.1. The molecule has 0 radical (unpaired) electrons. The van der Waals surface area contributed by atoms with Gasteiger partial charge in [0.25, 0.3) is 0 Å². The third-order valence-corrected chi connectivity index (χ3v) is 1.92. The van der Waals surface area contributed by atoms with Gasteiger partial charge in [-0.1, -0.05) is 18.2 Å². The molecule has 0 bridgehead atoms. The maximum atomic E-state index is 10.7. The van der Waals surface area contributed by atoms with E-state index in [0.717, 1.165) is 18.1 Å². The van der Waals surface area contributed by atoms with Crippen molar-refractivity contribution in [1.29, 1.82) is 0 Å². The van der Waals surface area contributed by atoms with Crippen molar-refractivity contribution in [3.8, 4) is 5.75 Å². The fourth-order valence-electron chi connectivity index (χ4n) is 1.21. The smallest absolute Gasteiger partial charge is 0.153 e. The Bertz CT molecular complexity index is 380. The summed E-state index contributed by atoms with van der Waals surface area (Å²) in [6.45, 7) is 0. The van der Waals surface area contributed by atoms with E-state index in [-0.39, 0.29) is 0 Å². The third kappa shape index (κ3) is 3.06. The second-order valence-electron chi connectivity index (χ2n) is 2.92. The van der Waals surface area contributed by atoms with Gasteiger partial charge in [0.2, 0.25) is 0 Å².